The lowest BCUT2D eigenvalue weighted by Gasteiger charge is -2.30. The number of fused-ring (bicyclic) bond motifs is 19. The van der Waals surface area contributed by atoms with Crippen molar-refractivity contribution in [2.45, 2.75) is 5.41 Å². The van der Waals surface area contributed by atoms with Gasteiger partial charge in [0.1, 0.15) is 22.3 Å². The molecule has 2 aliphatic carbocycles. The van der Waals surface area contributed by atoms with Gasteiger partial charge in [0.2, 0.25) is 0 Å². The Bertz CT molecular complexity index is 4380. The van der Waals surface area contributed by atoms with Crippen LogP contribution in [-0.2, 0) is 5.41 Å². The predicted octanol–water partition coefficient (Wildman–Crippen LogP) is 17.0. The number of rotatable bonds is 4. The second-order valence-electron chi connectivity index (χ2n) is 18.5. The van der Waals surface area contributed by atoms with E-state index in [-0.39, 0.29) is 0 Å². The number of furan rings is 2. The summed E-state index contributed by atoms with van der Waals surface area (Å²) in [5, 5.41) is 6.26. The van der Waals surface area contributed by atoms with Crippen molar-refractivity contribution < 1.29 is 8.83 Å². The van der Waals surface area contributed by atoms with Crippen LogP contribution in [0.3, 0.4) is 0 Å². The van der Waals surface area contributed by atoms with E-state index in [4.69, 9.17) is 23.8 Å². The van der Waals surface area contributed by atoms with Crippen LogP contribution in [0.15, 0.2) is 221 Å². The molecule has 5 nitrogen and oxygen atoms in total. The number of benzene rings is 10. The lowest BCUT2D eigenvalue weighted by molar-refractivity contribution is 0.668. The first-order valence-corrected chi connectivity index (χ1v) is 24.5. The molecule has 0 N–H and O–H groups in total. The van der Waals surface area contributed by atoms with Crippen molar-refractivity contribution in [3.05, 3.63) is 235 Å². The first kappa shape index (κ1) is 38.0. The molecule has 1 spiro atoms. The fourth-order valence-electron chi connectivity index (χ4n) is 12.1. The summed E-state index contributed by atoms with van der Waals surface area (Å²) < 4.78 is 15.5. The van der Waals surface area contributed by atoms with Crippen molar-refractivity contribution in [3.8, 4) is 67.5 Å². The van der Waals surface area contributed by atoms with Gasteiger partial charge >= 0.3 is 0 Å². The zero-order valence-corrected chi connectivity index (χ0v) is 38.1. The summed E-state index contributed by atoms with van der Waals surface area (Å²) in [7, 11) is 0. The molecule has 2 aliphatic rings. The number of nitrogens with zero attached hydrogens (tertiary/aromatic N) is 3. The monoisotopic (exact) mass is 909 g/mol. The lowest BCUT2D eigenvalue weighted by Crippen LogP contribution is -2.25. The number of hydrogen-bond acceptors (Lipinski definition) is 6. The van der Waals surface area contributed by atoms with Crippen LogP contribution in [-0.4, -0.2) is 15.0 Å². The first-order valence-electron chi connectivity index (χ1n) is 23.7. The molecule has 0 saturated carbocycles. The van der Waals surface area contributed by atoms with E-state index < -0.39 is 5.41 Å². The van der Waals surface area contributed by atoms with Gasteiger partial charge in [0, 0.05) is 58.4 Å². The van der Waals surface area contributed by atoms with E-state index in [1.807, 2.05) is 42.5 Å². The van der Waals surface area contributed by atoms with E-state index in [1.54, 1.807) is 11.3 Å². The summed E-state index contributed by atoms with van der Waals surface area (Å²) in [5.74, 6) is 1.74. The van der Waals surface area contributed by atoms with Crippen molar-refractivity contribution in [2.75, 3.05) is 0 Å². The van der Waals surface area contributed by atoms with Crippen molar-refractivity contribution in [1.82, 2.24) is 15.0 Å². The second-order valence-corrected chi connectivity index (χ2v) is 19.6. The molecule has 16 rings (SSSR count). The Balaban J connectivity index is 0.922. The number of aromatic nitrogens is 3. The maximum atomic E-state index is 6.71. The molecule has 0 atom stereocenters. The minimum Gasteiger partial charge on any atom is -0.456 e. The zero-order chi connectivity index (χ0) is 45.7. The molecule has 0 unspecified atom stereocenters. The molecule has 324 valence electrons. The number of thiophene rings is 1. The number of hydrogen-bond donors (Lipinski definition) is 0. The van der Waals surface area contributed by atoms with E-state index >= 15 is 0 Å². The van der Waals surface area contributed by atoms with Gasteiger partial charge in [-0.1, -0.05) is 164 Å². The van der Waals surface area contributed by atoms with E-state index in [2.05, 4.69) is 170 Å². The standard InChI is InChI=1S/C64H35N3O2S/c1-6-22-48-38(14-1)39-15-2-7-23-49(39)64(48)50-24-8-3-16-40(50)41-32-30-37(35-51(41)64)36-31-33-53-47(34-36)59-45(20-12-27-55(59)69-53)62-65-61(44-19-11-26-54-58(44)42-17-4-9-25-52(42)68-54)66-63(67-62)46-21-13-29-57-60(46)43-18-5-10-28-56(43)70-57/h1-35H. The van der Waals surface area contributed by atoms with Crippen LogP contribution in [0.5, 0.6) is 0 Å². The molecular formula is C64H35N3O2S. The third-order valence-electron chi connectivity index (χ3n) is 15.0. The Labute approximate surface area is 404 Å². The van der Waals surface area contributed by atoms with E-state index in [0.717, 1.165) is 77.1 Å². The molecule has 4 aromatic heterocycles. The van der Waals surface area contributed by atoms with Gasteiger partial charge in [0.05, 0.1) is 5.41 Å². The van der Waals surface area contributed by atoms with Crippen LogP contribution >= 0.6 is 11.3 Å². The minimum atomic E-state index is -0.435. The Morgan fingerprint density at radius 1 is 0.300 bits per heavy atom. The summed E-state index contributed by atoms with van der Waals surface area (Å²) in [6, 6.07) is 76.1. The molecule has 14 aromatic rings. The molecule has 6 heteroatoms. The Kier molecular flexibility index (Phi) is 7.63. The predicted molar refractivity (Wildman–Crippen MR) is 285 cm³/mol. The summed E-state index contributed by atoms with van der Waals surface area (Å²) in [6.45, 7) is 0. The van der Waals surface area contributed by atoms with Crippen LogP contribution in [0, 0.1) is 0 Å². The molecule has 0 radical (unpaired) electrons. The summed E-state index contributed by atoms with van der Waals surface area (Å²) >= 11 is 1.79. The largest absolute Gasteiger partial charge is 0.456 e. The topological polar surface area (TPSA) is 65.0 Å². The smallest absolute Gasteiger partial charge is 0.164 e. The van der Waals surface area contributed by atoms with Gasteiger partial charge in [-0.3, -0.25) is 0 Å². The van der Waals surface area contributed by atoms with Gasteiger partial charge in [-0.2, -0.15) is 0 Å². The first-order chi connectivity index (χ1) is 34.7. The van der Waals surface area contributed by atoms with Crippen LogP contribution < -0.4 is 0 Å². The van der Waals surface area contributed by atoms with Gasteiger partial charge in [-0.05, 0) is 104 Å². The second kappa shape index (κ2) is 14.0. The molecule has 0 aliphatic heterocycles. The normalized spacial score (nSPS) is 13.3. The zero-order valence-electron chi connectivity index (χ0n) is 37.3. The highest BCUT2D eigenvalue weighted by atomic mass is 32.1. The van der Waals surface area contributed by atoms with Gasteiger partial charge < -0.3 is 8.83 Å². The Morgan fingerprint density at radius 3 is 1.40 bits per heavy atom. The average molecular weight is 910 g/mol. The molecule has 0 bridgehead atoms. The van der Waals surface area contributed by atoms with Crippen molar-refractivity contribution in [2.24, 2.45) is 0 Å². The minimum absolute atomic E-state index is 0.435. The SMILES string of the molecule is c1ccc2c(c1)-c1ccccc1C21c2ccccc2-c2ccc(-c3ccc4oc5cccc(-c6nc(-c7cccc8oc9ccccc9c78)nc(-c7cccc8sc9ccccc9c78)n6)c5c4c3)cc21. The molecule has 0 fully saturated rings. The van der Waals surface area contributed by atoms with Crippen LogP contribution in [0.4, 0.5) is 0 Å². The molecule has 0 amide bonds. The molecule has 70 heavy (non-hydrogen) atoms. The molecular weight excluding hydrogens is 875 g/mol. The third-order valence-corrected chi connectivity index (χ3v) is 16.1. The molecule has 10 aromatic carbocycles. The van der Waals surface area contributed by atoms with Gasteiger partial charge in [0.15, 0.2) is 17.5 Å². The third kappa shape index (κ3) is 5.07. The van der Waals surface area contributed by atoms with E-state index in [1.165, 1.54) is 59.3 Å². The maximum Gasteiger partial charge on any atom is 0.164 e. The van der Waals surface area contributed by atoms with Gasteiger partial charge in [-0.25, -0.2) is 15.0 Å². The average Bonchev–Trinajstić information content (AvgIpc) is 4.23. The van der Waals surface area contributed by atoms with Gasteiger partial charge in [-0.15, -0.1) is 11.3 Å². The quantitative estimate of drug-likeness (QED) is 0.176. The fraction of sp³-hybridized carbons (Fsp3) is 0.0156. The van der Waals surface area contributed by atoms with Crippen LogP contribution in [0.1, 0.15) is 22.3 Å². The van der Waals surface area contributed by atoms with E-state index in [0.29, 0.717) is 17.5 Å². The number of para-hydroxylation sites is 1. The highest BCUT2D eigenvalue weighted by molar-refractivity contribution is 7.25. The summed E-state index contributed by atoms with van der Waals surface area (Å²) in [6.07, 6.45) is 0. The van der Waals surface area contributed by atoms with Crippen LogP contribution in [0.25, 0.3) is 132 Å². The molecule has 4 heterocycles. The summed E-state index contributed by atoms with van der Waals surface area (Å²) in [4.78, 5) is 16.2. The Morgan fingerprint density at radius 2 is 0.743 bits per heavy atom. The van der Waals surface area contributed by atoms with Gasteiger partial charge in [0.25, 0.3) is 0 Å². The maximum absolute atomic E-state index is 6.71. The van der Waals surface area contributed by atoms with Crippen molar-refractivity contribution in [1.29, 1.82) is 0 Å². The lowest BCUT2D eigenvalue weighted by atomic mass is 9.70. The Hall–Kier alpha value is -8.97. The molecule has 0 saturated heterocycles. The summed E-state index contributed by atoms with van der Waals surface area (Å²) in [5.41, 5.74) is 18.1. The highest BCUT2D eigenvalue weighted by Crippen LogP contribution is 2.63. The fourth-order valence-corrected chi connectivity index (χ4v) is 13.3. The van der Waals surface area contributed by atoms with Crippen molar-refractivity contribution >= 4 is 75.4 Å². The van der Waals surface area contributed by atoms with Crippen LogP contribution in [0.2, 0.25) is 0 Å². The van der Waals surface area contributed by atoms with E-state index in [9.17, 15) is 0 Å². The van der Waals surface area contributed by atoms with Crippen molar-refractivity contribution in [3.63, 3.8) is 0 Å². The highest BCUT2D eigenvalue weighted by Gasteiger charge is 2.51.